The lowest BCUT2D eigenvalue weighted by Gasteiger charge is -2.16. The summed E-state index contributed by atoms with van der Waals surface area (Å²) < 4.78 is 45.6. The van der Waals surface area contributed by atoms with Gasteiger partial charge in [0, 0.05) is 17.8 Å². The fraction of sp³-hybridized carbons (Fsp3) is 0.308. The molecule has 1 heterocycles. The number of nitrogens with zero attached hydrogens (tertiary/aromatic N) is 2. The van der Waals surface area contributed by atoms with Crippen molar-refractivity contribution in [1.29, 1.82) is 0 Å². The van der Waals surface area contributed by atoms with Crippen LogP contribution < -0.4 is 4.74 Å². The van der Waals surface area contributed by atoms with Crippen LogP contribution >= 0.6 is 12.8 Å². The summed E-state index contributed by atoms with van der Waals surface area (Å²) in [5.74, 6) is 0.235. The van der Waals surface area contributed by atoms with E-state index in [0.717, 1.165) is 6.07 Å². The highest BCUT2D eigenvalue weighted by molar-refractivity contribution is 7.78. The van der Waals surface area contributed by atoms with E-state index in [9.17, 15) is 13.2 Å². The molecule has 0 aliphatic carbocycles. The Bertz CT molecular complexity index is 596. The zero-order chi connectivity index (χ0) is 14.8. The van der Waals surface area contributed by atoms with Gasteiger partial charge in [0.25, 0.3) is 0 Å². The zero-order valence-corrected chi connectivity index (χ0v) is 11.6. The lowest BCUT2D eigenvalue weighted by atomic mass is 9.99. The minimum Gasteiger partial charge on any atom is -0.472 e. The maximum Gasteiger partial charge on any atom is 0.416 e. The zero-order valence-electron chi connectivity index (χ0n) is 10.7. The quantitative estimate of drug-likeness (QED) is 0.871. The third-order valence-electron chi connectivity index (χ3n) is 2.88. The van der Waals surface area contributed by atoms with Crippen LogP contribution in [0, 0.1) is 0 Å². The molecule has 1 aromatic carbocycles. The van der Waals surface area contributed by atoms with Crippen molar-refractivity contribution in [1.82, 2.24) is 9.19 Å². The SMILES string of the molecule is CCc1cccc(C(F)(F)F)c1COc1ccn(S)n1. The maximum atomic E-state index is 13.0. The summed E-state index contributed by atoms with van der Waals surface area (Å²) in [5.41, 5.74) is 0.100. The molecule has 2 aromatic rings. The molecule has 108 valence electrons. The van der Waals surface area contributed by atoms with Gasteiger partial charge in [-0.15, -0.1) is 5.10 Å². The number of alkyl halides is 3. The van der Waals surface area contributed by atoms with Gasteiger partial charge in [0.05, 0.1) is 5.56 Å². The second-order valence-corrected chi connectivity index (χ2v) is 4.57. The number of halogens is 3. The summed E-state index contributed by atoms with van der Waals surface area (Å²) >= 11 is 3.94. The van der Waals surface area contributed by atoms with Crippen LogP contribution in [0.4, 0.5) is 13.2 Å². The summed E-state index contributed by atoms with van der Waals surface area (Å²) in [6, 6.07) is 5.68. The van der Waals surface area contributed by atoms with Crippen LogP contribution in [-0.2, 0) is 19.2 Å². The van der Waals surface area contributed by atoms with Gasteiger partial charge >= 0.3 is 6.18 Å². The number of hydrogen-bond donors (Lipinski definition) is 1. The van der Waals surface area contributed by atoms with Gasteiger partial charge in [0.2, 0.25) is 5.88 Å². The summed E-state index contributed by atoms with van der Waals surface area (Å²) in [6.07, 6.45) is -2.36. The molecule has 0 N–H and O–H groups in total. The average Bonchev–Trinajstić information content (AvgIpc) is 2.80. The topological polar surface area (TPSA) is 27.1 Å². The number of ether oxygens (including phenoxy) is 1. The summed E-state index contributed by atoms with van der Waals surface area (Å²) in [5, 5.41) is 3.85. The summed E-state index contributed by atoms with van der Waals surface area (Å²) in [4.78, 5) is 0. The summed E-state index contributed by atoms with van der Waals surface area (Å²) in [6.45, 7) is 1.63. The van der Waals surface area contributed by atoms with E-state index >= 15 is 0 Å². The van der Waals surface area contributed by atoms with Gasteiger partial charge in [-0.25, -0.2) is 4.09 Å². The largest absolute Gasteiger partial charge is 0.472 e. The molecule has 0 unspecified atom stereocenters. The minimum absolute atomic E-state index is 0.149. The van der Waals surface area contributed by atoms with Gasteiger partial charge in [0.15, 0.2) is 0 Å². The number of hydrogen-bond acceptors (Lipinski definition) is 3. The Balaban J connectivity index is 2.29. The molecule has 20 heavy (non-hydrogen) atoms. The number of rotatable bonds is 4. The molecule has 0 saturated heterocycles. The van der Waals surface area contributed by atoms with Crippen molar-refractivity contribution >= 4 is 12.8 Å². The van der Waals surface area contributed by atoms with Gasteiger partial charge < -0.3 is 4.74 Å². The Labute approximate surface area is 119 Å². The van der Waals surface area contributed by atoms with Gasteiger partial charge in [-0.3, -0.25) is 0 Å². The third-order valence-corrected chi connectivity index (χ3v) is 3.10. The maximum absolute atomic E-state index is 13.0. The minimum atomic E-state index is -4.40. The first kappa shape index (κ1) is 14.8. The molecule has 3 nitrogen and oxygen atoms in total. The third kappa shape index (κ3) is 3.27. The van der Waals surface area contributed by atoms with Crippen LogP contribution in [0.1, 0.15) is 23.6 Å². The van der Waals surface area contributed by atoms with E-state index in [1.165, 1.54) is 22.4 Å². The molecule has 1 aromatic heterocycles. The molecule has 2 rings (SSSR count). The Hall–Kier alpha value is -1.63. The molecule has 0 amide bonds. The highest BCUT2D eigenvalue weighted by atomic mass is 32.1. The van der Waals surface area contributed by atoms with E-state index < -0.39 is 11.7 Å². The predicted octanol–water partition coefficient (Wildman–Crippen LogP) is 3.74. The van der Waals surface area contributed by atoms with Crippen LogP contribution in [0.2, 0.25) is 0 Å². The average molecular weight is 302 g/mol. The lowest BCUT2D eigenvalue weighted by molar-refractivity contribution is -0.138. The van der Waals surface area contributed by atoms with Crippen molar-refractivity contribution in [2.24, 2.45) is 0 Å². The second kappa shape index (κ2) is 5.78. The molecule has 0 fully saturated rings. The molecular formula is C13H13F3N2OS. The van der Waals surface area contributed by atoms with Crippen molar-refractivity contribution in [2.75, 3.05) is 0 Å². The molecule has 0 bridgehead atoms. The Kier molecular flexibility index (Phi) is 4.27. The van der Waals surface area contributed by atoms with Gasteiger partial charge in [-0.05, 0) is 30.9 Å². The highest BCUT2D eigenvalue weighted by Crippen LogP contribution is 2.34. The number of benzene rings is 1. The Morgan fingerprint density at radius 3 is 2.60 bits per heavy atom. The van der Waals surface area contributed by atoms with E-state index in [1.807, 2.05) is 0 Å². The first-order chi connectivity index (χ1) is 9.41. The molecule has 0 aliphatic heterocycles. The van der Waals surface area contributed by atoms with Gasteiger partial charge in [0.1, 0.15) is 6.61 Å². The second-order valence-electron chi connectivity index (χ2n) is 4.16. The van der Waals surface area contributed by atoms with E-state index in [2.05, 4.69) is 17.9 Å². The molecule has 7 heteroatoms. The van der Waals surface area contributed by atoms with Crippen LogP contribution in [0.5, 0.6) is 5.88 Å². The van der Waals surface area contributed by atoms with Crippen LogP contribution in [0.15, 0.2) is 30.5 Å². The first-order valence-electron chi connectivity index (χ1n) is 5.97. The number of aryl methyl sites for hydroxylation is 1. The Morgan fingerprint density at radius 2 is 2.05 bits per heavy atom. The molecule has 0 radical (unpaired) electrons. The van der Waals surface area contributed by atoms with Crippen molar-refractivity contribution in [3.05, 3.63) is 47.2 Å². The monoisotopic (exact) mass is 302 g/mol. The number of aromatic nitrogens is 2. The molecule has 0 saturated carbocycles. The fourth-order valence-corrected chi connectivity index (χ4v) is 2.08. The molecular weight excluding hydrogens is 289 g/mol. The van der Waals surface area contributed by atoms with E-state index in [4.69, 9.17) is 4.74 Å². The van der Waals surface area contributed by atoms with Crippen LogP contribution in [0.25, 0.3) is 0 Å². The van der Waals surface area contributed by atoms with E-state index in [0.29, 0.717) is 12.0 Å². The molecule has 0 atom stereocenters. The lowest BCUT2D eigenvalue weighted by Crippen LogP contribution is -2.13. The molecule has 0 aliphatic rings. The van der Waals surface area contributed by atoms with Crippen LogP contribution in [0.3, 0.4) is 0 Å². The van der Waals surface area contributed by atoms with Crippen molar-refractivity contribution in [3.63, 3.8) is 0 Å². The van der Waals surface area contributed by atoms with Crippen molar-refractivity contribution in [2.45, 2.75) is 26.1 Å². The van der Waals surface area contributed by atoms with Crippen molar-refractivity contribution < 1.29 is 17.9 Å². The van der Waals surface area contributed by atoms with E-state index in [-0.39, 0.29) is 18.1 Å². The standard InChI is InChI=1S/C13H13F3N2OS/c1-2-9-4-3-5-11(13(14,15)16)10(9)8-19-12-6-7-18(20)17-12/h3-7,20H,2,8H2,1H3. The van der Waals surface area contributed by atoms with Gasteiger partial charge in [-0.2, -0.15) is 13.2 Å². The van der Waals surface area contributed by atoms with Crippen LogP contribution in [-0.4, -0.2) is 9.19 Å². The van der Waals surface area contributed by atoms with E-state index in [1.54, 1.807) is 13.0 Å². The fourth-order valence-electron chi connectivity index (χ4n) is 1.92. The smallest absolute Gasteiger partial charge is 0.416 e. The first-order valence-corrected chi connectivity index (χ1v) is 6.37. The Morgan fingerprint density at radius 1 is 1.30 bits per heavy atom. The molecule has 0 spiro atoms. The van der Waals surface area contributed by atoms with Gasteiger partial charge in [-0.1, -0.05) is 19.1 Å². The summed E-state index contributed by atoms with van der Waals surface area (Å²) in [7, 11) is 0. The number of thiol groups is 1. The normalized spacial score (nSPS) is 11.7. The predicted molar refractivity (Wildman–Crippen MR) is 71.8 cm³/mol. The van der Waals surface area contributed by atoms with Crippen molar-refractivity contribution in [3.8, 4) is 5.88 Å². The highest BCUT2D eigenvalue weighted by Gasteiger charge is 2.34.